The molecular weight excluding hydrogens is 314 g/mol. The highest BCUT2D eigenvalue weighted by atomic mass is 32.1. The number of hydrogen-bond donors (Lipinski definition) is 4. The largest absolute Gasteiger partial charge is 0.361 e. The van der Waals surface area contributed by atoms with Crippen LogP contribution in [0.3, 0.4) is 0 Å². The zero-order chi connectivity index (χ0) is 17.5. The van der Waals surface area contributed by atoms with Gasteiger partial charge < -0.3 is 15.6 Å². The zero-order valence-corrected chi connectivity index (χ0v) is 16.7. The van der Waals surface area contributed by atoms with E-state index in [0.717, 1.165) is 31.8 Å². The molecular formula is C20H35N3S. The lowest BCUT2D eigenvalue weighted by molar-refractivity contribution is 0.489. The van der Waals surface area contributed by atoms with Gasteiger partial charge in [-0.25, -0.2) is 0 Å². The molecule has 2 rings (SSSR count). The summed E-state index contributed by atoms with van der Waals surface area (Å²) in [5, 5.41) is 10.1. The van der Waals surface area contributed by atoms with Gasteiger partial charge in [-0.1, -0.05) is 19.9 Å². The van der Waals surface area contributed by atoms with Gasteiger partial charge in [-0.05, 0) is 74.8 Å². The van der Waals surface area contributed by atoms with E-state index in [4.69, 9.17) is 0 Å². The third-order valence-corrected chi connectivity index (χ3v) is 4.94. The summed E-state index contributed by atoms with van der Waals surface area (Å²) in [5.74, 6) is 0.771. The molecule has 0 fully saturated rings. The minimum Gasteiger partial charge on any atom is -0.361 e. The van der Waals surface area contributed by atoms with Crippen molar-refractivity contribution in [3.63, 3.8) is 0 Å². The van der Waals surface area contributed by atoms with E-state index in [9.17, 15) is 0 Å². The molecule has 24 heavy (non-hydrogen) atoms. The van der Waals surface area contributed by atoms with Crippen molar-refractivity contribution in [3.8, 4) is 0 Å². The van der Waals surface area contributed by atoms with Crippen molar-refractivity contribution in [2.45, 2.75) is 71.2 Å². The first-order chi connectivity index (χ1) is 11.5. The molecule has 0 amide bonds. The van der Waals surface area contributed by atoms with Crippen molar-refractivity contribution < 1.29 is 0 Å². The van der Waals surface area contributed by atoms with Crippen molar-refractivity contribution in [3.05, 3.63) is 22.3 Å². The number of thiol groups is 1. The Morgan fingerprint density at radius 1 is 1.17 bits per heavy atom. The second-order valence-corrected chi connectivity index (χ2v) is 8.35. The maximum Gasteiger partial charge on any atom is 0.0473 e. The van der Waals surface area contributed by atoms with Crippen molar-refractivity contribution in [2.75, 3.05) is 13.1 Å². The average Bonchev–Trinajstić information content (AvgIpc) is 2.91. The van der Waals surface area contributed by atoms with E-state index < -0.39 is 0 Å². The SMILES string of the molecule is CC(C)CCNC(C)CC1=c2[nH]cc(CCNC(C)S)c2=CCC1. The Morgan fingerprint density at radius 2 is 1.96 bits per heavy atom. The van der Waals surface area contributed by atoms with Crippen LogP contribution in [0.15, 0.2) is 6.20 Å². The molecule has 0 aromatic carbocycles. The summed E-state index contributed by atoms with van der Waals surface area (Å²) in [6, 6.07) is 0.545. The van der Waals surface area contributed by atoms with Gasteiger partial charge in [0.2, 0.25) is 0 Å². The highest BCUT2D eigenvalue weighted by molar-refractivity contribution is 7.80. The molecule has 0 saturated carbocycles. The maximum absolute atomic E-state index is 4.38. The lowest BCUT2D eigenvalue weighted by Gasteiger charge is -2.18. The molecule has 0 spiro atoms. The third kappa shape index (κ3) is 5.98. The molecule has 1 aliphatic carbocycles. The van der Waals surface area contributed by atoms with Gasteiger partial charge >= 0.3 is 0 Å². The van der Waals surface area contributed by atoms with Crippen LogP contribution in [0.25, 0.3) is 11.6 Å². The number of aromatic nitrogens is 1. The first-order valence-corrected chi connectivity index (χ1v) is 10.0. The molecule has 0 saturated heterocycles. The Labute approximate surface area is 152 Å². The monoisotopic (exact) mass is 349 g/mol. The Morgan fingerprint density at radius 3 is 2.67 bits per heavy atom. The summed E-state index contributed by atoms with van der Waals surface area (Å²) in [5.41, 5.74) is 3.02. The van der Waals surface area contributed by atoms with Gasteiger partial charge in [-0.3, -0.25) is 0 Å². The molecule has 1 heterocycles. The molecule has 136 valence electrons. The van der Waals surface area contributed by atoms with E-state index in [1.165, 1.54) is 35.4 Å². The average molecular weight is 350 g/mol. The van der Waals surface area contributed by atoms with Gasteiger partial charge in [0.1, 0.15) is 0 Å². The van der Waals surface area contributed by atoms with Gasteiger partial charge in [0.05, 0.1) is 0 Å². The van der Waals surface area contributed by atoms with Gasteiger partial charge in [-0.2, -0.15) is 12.6 Å². The van der Waals surface area contributed by atoms with Gasteiger partial charge in [0.25, 0.3) is 0 Å². The van der Waals surface area contributed by atoms with Crippen LogP contribution in [-0.4, -0.2) is 29.5 Å². The van der Waals surface area contributed by atoms with E-state index in [2.05, 4.69) is 68.2 Å². The Bertz CT molecular complexity index is 615. The van der Waals surface area contributed by atoms with E-state index in [1.807, 2.05) is 0 Å². The number of fused-ring (bicyclic) bond motifs is 1. The first kappa shape index (κ1) is 19.6. The fourth-order valence-electron chi connectivity index (χ4n) is 3.40. The minimum atomic E-state index is 0.253. The summed E-state index contributed by atoms with van der Waals surface area (Å²) < 4.78 is 0. The van der Waals surface area contributed by atoms with Crippen LogP contribution < -0.4 is 21.2 Å². The van der Waals surface area contributed by atoms with Gasteiger partial charge in [0.15, 0.2) is 0 Å². The summed E-state index contributed by atoms with van der Waals surface area (Å²) in [4.78, 5) is 3.55. The number of H-pyrrole nitrogens is 1. The first-order valence-electron chi connectivity index (χ1n) is 9.50. The van der Waals surface area contributed by atoms with Crippen LogP contribution in [0.1, 0.15) is 58.9 Å². The second kappa shape index (κ2) is 9.69. The molecule has 4 heteroatoms. The van der Waals surface area contributed by atoms with Crippen LogP contribution in [0.5, 0.6) is 0 Å². The Hall–Kier alpha value is -0.710. The number of nitrogens with one attached hydrogen (secondary N) is 3. The predicted octanol–water partition coefficient (Wildman–Crippen LogP) is 2.56. The Balaban J connectivity index is 2.01. The van der Waals surface area contributed by atoms with Crippen LogP contribution in [0.2, 0.25) is 0 Å². The van der Waals surface area contributed by atoms with E-state index in [-0.39, 0.29) is 5.37 Å². The second-order valence-electron chi connectivity index (χ2n) is 7.57. The van der Waals surface area contributed by atoms with Crippen molar-refractivity contribution in [2.24, 2.45) is 5.92 Å². The van der Waals surface area contributed by atoms with E-state index >= 15 is 0 Å². The zero-order valence-electron chi connectivity index (χ0n) is 15.8. The summed E-state index contributed by atoms with van der Waals surface area (Å²) >= 11 is 4.38. The molecule has 3 nitrogen and oxygen atoms in total. The molecule has 0 radical (unpaired) electrons. The molecule has 1 aromatic heterocycles. The lowest BCUT2D eigenvalue weighted by Crippen LogP contribution is -2.35. The van der Waals surface area contributed by atoms with Crippen LogP contribution in [0, 0.1) is 5.92 Å². The summed E-state index contributed by atoms with van der Waals surface area (Å²) in [7, 11) is 0. The molecule has 1 aromatic rings. The fourth-order valence-corrected chi connectivity index (χ4v) is 3.53. The fraction of sp³-hybridized carbons (Fsp3) is 0.700. The smallest absolute Gasteiger partial charge is 0.0473 e. The predicted molar refractivity (Wildman–Crippen MR) is 109 cm³/mol. The van der Waals surface area contributed by atoms with Gasteiger partial charge in [0, 0.05) is 29.5 Å². The highest BCUT2D eigenvalue weighted by Crippen LogP contribution is 2.15. The van der Waals surface area contributed by atoms with Crippen molar-refractivity contribution >= 4 is 24.3 Å². The molecule has 0 aliphatic heterocycles. The third-order valence-electron chi connectivity index (χ3n) is 4.76. The van der Waals surface area contributed by atoms with Crippen molar-refractivity contribution in [1.29, 1.82) is 0 Å². The minimum absolute atomic E-state index is 0.253. The lowest BCUT2D eigenvalue weighted by atomic mass is 9.96. The van der Waals surface area contributed by atoms with Crippen LogP contribution >= 0.6 is 12.6 Å². The molecule has 3 N–H and O–H groups in total. The number of aromatic amines is 1. The van der Waals surface area contributed by atoms with Crippen LogP contribution in [0.4, 0.5) is 0 Å². The maximum atomic E-state index is 4.38. The molecule has 2 unspecified atom stereocenters. The highest BCUT2D eigenvalue weighted by Gasteiger charge is 2.12. The van der Waals surface area contributed by atoms with E-state index in [0.29, 0.717) is 6.04 Å². The number of rotatable bonds is 10. The summed E-state index contributed by atoms with van der Waals surface area (Å²) in [6.07, 6.45) is 10.4. The molecule has 2 atom stereocenters. The Kier molecular flexibility index (Phi) is 7.92. The van der Waals surface area contributed by atoms with Gasteiger partial charge in [-0.15, -0.1) is 0 Å². The van der Waals surface area contributed by atoms with E-state index in [1.54, 1.807) is 5.57 Å². The quantitative estimate of drug-likeness (QED) is 0.387. The normalized spacial score (nSPS) is 16.8. The standard InChI is InChI=1S/C20H35N3S/c1-14(2)8-10-21-15(3)12-17-6-5-7-19-18(13-23-20(17)19)9-11-22-16(4)24/h7,13-16,21-24H,5-6,8-12H2,1-4H3. The topological polar surface area (TPSA) is 39.9 Å². The van der Waals surface area contributed by atoms with Crippen LogP contribution in [-0.2, 0) is 6.42 Å². The summed E-state index contributed by atoms with van der Waals surface area (Å²) in [6.45, 7) is 11.1. The van der Waals surface area contributed by atoms with Crippen molar-refractivity contribution in [1.82, 2.24) is 15.6 Å². The molecule has 1 aliphatic rings. The number of hydrogen-bond acceptors (Lipinski definition) is 3. The molecule has 0 bridgehead atoms.